The summed E-state index contributed by atoms with van der Waals surface area (Å²) in [5.74, 6) is 0.879. The van der Waals surface area contributed by atoms with E-state index in [4.69, 9.17) is 9.47 Å². The average Bonchev–Trinajstić information content (AvgIpc) is 2.98. The summed E-state index contributed by atoms with van der Waals surface area (Å²) in [5, 5.41) is 6.66. The number of hydrogen-bond donors (Lipinski definition) is 2. The molecular weight excluding hydrogens is 437 g/mol. The van der Waals surface area contributed by atoms with Crippen LogP contribution < -0.4 is 10.6 Å². The van der Waals surface area contributed by atoms with Gasteiger partial charge < -0.3 is 20.1 Å². The van der Waals surface area contributed by atoms with Gasteiger partial charge in [0.2, 0.25) is 0 Å². The molecule has 0 amide bonds. The maximum atomic E-state index is 5.88. The molecule has 0 atom stereocenters. The van der Waals surface area contributed by atoms with Crippen molar-refractivity contribution in [2.24, 2.45) is 4.99 Å². The van der Waals surface area contributed by atoms with E-state index in [1.165, 1.54) is 9.75 Å². The van der Waals surface area contributed by atoms with E-state index in [0.717, 1.165) is 64.7 Å². The topological polar surface area (TPSA) is 54.9 Å². The SMILES string of the molecule is CCNC(=NCc1ccc(C)s1)NCCCOC1CCOCC1.I. The lowest BCUT2D eigenvalue weighted by Gasteiger charge is -2.22. The smallest absolute Gasteiger partial charge is 0.191 e. The van der Waals surface area contributed by atoms with Gasteiger partial charge in [-0.2, -0.15) is 0 Å². The molecule has 0 radical (unpaired) electrons. The standard InChI is InChI=1S/C17H29N3O2S.HI/c1-3-18-17(20-13-16-6-5-14(2)23-16)19-9-4-10-22-15-7-11-21-12-8-15;/h5-6,15H,3-4,7-13H2,1-2H3,(H2,18,19,20);1H. The number of thiophene rings is 1. The number of rotatable bonds is 8. The van der Waals surface area contributed by atoms with Gasteiger partial charge in [0, 0.05) is 42.7 Å². The molecule has 1 aromatic rings. The second-order valence-electron chi connectivity index (χ2n) is 5.67. The Morgan fingerprint density at radius 1 is 1.33 bits per heavy atom. The van der Waals surface area contributed by atoms with Crippen LogP contribution >= 0.6 is 35.3 Å². The summed E-state index contributed by atoms with van der Waals surface area (Å²) < 4.78 is 11.2. The maximum absolute atomic E-state index is 5.88. The van der Waals surface area contributed by atoms with E-state index in [0.29, 0.717) is 6.10 Å². The van der Waals surface area contributed by atoms with Crippen LogP contribution in [-0.4, -0.2) is 45.0 Å². The third-order valence-corrected chi connectivity index (χ3v) is 4.65. The quantitative estimate of drug-likeness (QED) is 0.267. The Labute approximate surface area is 166 Å². The zero-order valence-electron chi connectivity index (χ0n) is 14.7. The van der Waals surface area contributed by atoms with Gasteiger partial charge in [0.15, 0.2) is 5.96 Å². The summed E-state index contributed by atoms with van der Waals surface area (Å²) in [6, 6.07) is 4.29. The monoisotopic (exact) mass is 467 g/mol. The summed E-state index contributed by atoms with van der Waals surface area (Å²) >= 11 is 1.80. The second kappa shape index (κ2) is 12.9. The highest BCUT2D eigenvalue weighted by molar-refractivity contribution is 14.0. The van der Waals surface area contributed by atoms with Crippen molar-refractivity contribution in [2.45, 2.75) is 45.8 Å². The molecule has 24 heavy (non-hydrogen) atoms. The zero-order valence-corrected chi connectivity index (χ0v) is 17.8. The number of halogens is 1. The van der Waals surface area contributed by atoms with E-state index in [9.17, 15) is 0 Å². The first-order chi connectivity index (χ1) is 11.3. The van der Waals surface area contributed by atoms with Gasteiger partial charge in [-0.15, -0.1) is 35.3 Å². The fourth-order valence-electron chi connectivity index (χ4n) is 2.44. The van der Waals surface area contributed by atoms with Crippen molar-refractivity contribution < 1.29 is 9.47 Å². The maximum Gasteiger partial charge on any atom is 0.191 e. The minimum absolute atomic E-state index is 0. The van der Waals surface area contributed by atoms with E-state index < -0.39 is 0 Å². The molecule has 1 aliphatic heterocycles. The third kappa shape index (κ3) is 8.64. The summed E-state index contributed by atoms with van der Waals surface area (Å²) in [4.78, 5) is 7.26. The van der Waals surface area contributed by atoms with Gasteiger partial charge in [-0.1, -0.05) is 0 Å². The molecule has 138 valence electrons. The van der Waals surface area contributed by atoms with Crippen LogP contribution in [-0.2, 0) is 16.0 Å². The van der Waals surface area contributed by atoms with Gasteiger partial charge in [-0.05, 0) is 45.2 Å². The van der Waals surface area contributed by atoms with Crippen LogP contribution in [0.2, 0.25) is 0 Å². The lowest BCUT2D eigenvalue weighted by Crippen LogP contribution is -2.38. The number of ether oxygens (including phenoxy) is 2. The van der Waals surface area contributed by atoms with E-state index in [1.54, 1.807) is 11.3 Å². The Hall–Kier alpha value is -0.380. The minimum Gasteiger partial charge on any atom is -0.381 e. The Morgan fingerprint density at radius 3 is 2.79 bits per heavy atom. The summed E-state index contributed by atoms with van der Waals surface area (Å²) in [6.07, 6.45) is 3.42. The largest absolute Gasteiger partial charge is 0.381 e. The van der Waals surface area contributed by atoms with E-state index >= 15 is 0 Å². The Balaban J connectivity index is 0.00000288. The van der Waals surface area contributed by atoms with E-state index in [2.05, 4.69) is 41.6 Å². The van der Waals surface area contributed by atoms with E-state index in [-0.39, 0.29) is 24.0 Å². The van der Waals surface area contributed by atoms with Crippen molar-refractivity contribution in [1.29, 1.82) is 0 Å². The van der Waals surface area contributed by atoms with Crippen molar-refractivity contribution in [3.05, 3.63) is 21.9 Å². The number of aryl methyl sites for hydroxylation is 1. The molecule has 1 saturated heterocycles. The molecule has 2 N–H and O–H groups in total. The number of nitrogens with zero attached hydrogens (tertiary/aromatic N) is 1. The molecule has 1 aliphatic rings. The molecule has 0 saturated carbocycles. The first-order valence-corrected chi connectivity index (χ1v) is 9.36. The summed E-state index contributed by atoms with van der Waals surface area (Å²) in [7, 11) is 0. The van der Waals surface area contributed by atoms with Crippen LogP contribution in [0.3, 0.4) is 0 Å². The first kappa shape index (κ1) is 21.7. The van der Waals surface area contributed by atoms with Crippen LogP contribution in [0.1, 0.15) is 35.9 Å². The highest BCUT2D eigenvalue weighted by atomic mass is 127. The van der Waals surface area contributed by atoms with Gasteiger partial charge in [0.1, 0.15) is 0 Å². The highest BCUT2D eigenvalue weighted by Gasteiger charge is 2.13. The normalized spacial score (nSPS) is 15.8. The van der Waals surface area contributed by atoms with Gasteiger partial charge in [-0.3, -0.25) is 0 Å². The van der Waals surface area contributed by atoms with Gasteiger partial charge in [-0.25, -0.2) is 4.99 Å². The predicted octanol–water partition coefficient (Wildman–Crippen LogP) is 3.32. The zero-order chi connectivity index (χ0) is 16.3. The number of hydrogen-bond acceptors (Lipinski definition) is 4. The van der Waals surface area contributed by atoms with Crippen molar-refractivity contribution in [1.82, 2.24) is 10.6 Å². The van der Waals surface area contributed by atoms with Crippen LogP contribution in [0.25, 0.3) is 0 Å². The van der Waals surface area contributed by atoms with Crippen LogP contribution in [0.5, 0.6) is 0 Å². The molecule has 0 aliphatic carbocycles. The van der Waals surface area contributed by atoms with Crippen molar-refractivity contribution in [2.75, 3.05) is 32.9 Å². The lowest BCUT2D eigenvalue weighted by atomic mass is 10.1. The van der Waals surface area contributed by atoms with Crippen molar-refractivity contribution in [3.63, 3.8) is 0 Å². The molecule has 7 heteroatoms. The van der Waals surface area contributed by atoms with Crippen LogP contribution in [0.4, 0.5) is 0 Å². The van der Waals surface area contributed by atoms with Crippen molar-refractivity contribution >= 4 is 41.3 Å². The fourth-order valence-corrected chi connectivity index (χ4v) is 3.26. The number of nitrogens with one attached hydrogen (secondary N) is 2. The van der Waals surface area contributed by atoms with Gasteiger partial charge >= 0.3 is 0 Å². The third-order valence-electron chi connectivity index (χ3n) is 3.67. The molecule has 5 nitrogen and oxygen atoms in total. The van der Waals surface area contributed by atoms with Crippen LogP contribution in [0.15, 0.2) is 17.1 Å². The molecular formula is C17H30IN3O2S. The fraction of sp³-hybridized carbons (Fsp3) is 0.706. The van der Waals surface area contributed by atoms with Crippen molar-refractivity contribution in [3.8, 4) is 0 Å². The molecule has 2 heterocycles. The highest BCUT2D eigenvalue weighted by Crippen LogP contribution is 2.15. The Bertz CT molecular complexity index is 476. The number of aliphatic imine (C=N–C) groups is 1. The van der Waals surface area contributed by atoms with Crippen LogP contribution in [0, 0.1) is 6.92 Å². The molecule has 1 fully saturated rings. The molecule has 0 unspecified atom stereocenters. The first-order valence-electron chi connectivity index (χ1n) is 8.54. The minimum atomic E-state index is 0. The van der Waals surface area contributed by atoms with Gasteiger partial charge in [0.25, 0.3) is 0 Å². The second-order valence-corrected chi connectivity index (χ2v) is 7.04. The predicted molar refractivity (Wildman–Crippen MR) is 112 cm³/mol. The van der Waals surface area contributed by atoms with Gasteiger partial charge in [0.05, 0.1) is 12.6 Å². The lowest BCUT2D eigenvalue weighted by molar-refractivity contribution is -0.0320. The molecule has 0 aromatic carbocycles. The molecule has 1 aromatic heterocycles. The summed E-state index contributed by atoms with van der Waals surface area (Å²) in [6.45, 7) is 9.14. The number of guanidine groups is 1. The summed E-state index contributed by atoms with van der Waals surface area (Å²) in [5.41, 5.74) is 0. The molecule has 2 rings (SSSR count). The average molecular weight is 467 g/mol. The van der Waals surface area contributed by atoms with E-state index in [1.807, 2.05) is 0 Å². The molecule has 0 spiro atoms. The Kier molecular flexibility index (Phi) is 11.7. The Morgan fingerprint density at radius 2 is 2.12 bits per heavy atom. The molecule has 0 bridgehead atoms.